The van der Waals surface area contributed by atoms with E-state index in [2.05, 4.69) is 9.80 Å². The summed E-state index contributed by atoms with van der Waals surface area (Å²) in [5, 5.41) is 11.0. The Bertz CT molecular complexity index is 642. The first-order chi connectivity index (χ1) is 11.1. The molecule has 1 unspecified atom stereocenters. The Morgan fingerprint density at radius 1 is 1.00 bits per heavy atom. The molecule has 1 aliphatic rings. The van der Waals surface area contributed by atoms with Gasteiger partial charge in [0.05, 0.1) is 11.8 Å². The van der Waals surface area contributed by atoms with Gasteiger partial charge >= 0.3 is 0 Å². The molecule has 23 heavy (non-hydrogen) atoms. The number of piperazine rings is 1. The van der Waals surface area contributed by atoms with Gasteiger partial charge < -0.3 is 10.0 Å². The minimum absolute atomic E-state index is 0.179. The molecule has 0 spiro atoms. The summed E-state index contributed by atoms with van der Waals surface area (Å²) in [6.45, 7) is 3.70. The van der Waals surface area contributed by atoms with Crippen molar-refractivity contribution < 1.29 is 9.50 Å². The number of anilines is 1. The molecule has 0 radical (unpaired) electrons. The third kappa shape index (κ3) is 4.02. The van der Waals surface area contributed by atoms with Crippen molar-refractivity contribution in [2.45, 2.75) is 6.10 Å². The number of aliphatic hydroxyl groups excluding tert-OH is 1. The van der Waals surface area contributed by atoms with Crippen LogP contribution in [0.2, 0.25) is 5.02 Å². The highest BCUT2D eigenvalue weighted by atomic mass is 35.5. The zero-order chi connectivity index (χ0) is 16.2. The molecular formula is C18H20ClFN2O. The SMILES string of the molecule is OC(CN1CCN(c2ccccc2F)CC1)c1ccc(Cl)cc1. The summed E-state index contributed by atoms with van der Waals surface area (Å²) < 4.78 is 13.8. The molecule has 0 aliphatic carbocycles. The molecule has 1 saturated heterocycles. The number of nitrogens with zero attached hydrogens (tertiary/aromatic N) is 2. The molecule has 1 atom stereocenters. The van der Waals surface area contributed by atoms with Crippen LogP contribution in [0.1, 0.15) is 11.7 Å². The molecule has 3 rings (SSSR count). The van der Waals surface area contributed by atoms with Crippen molar-refractivity contribution >= 4 is 17.3 Å². The van der Waals surface area contributed by atoms with Crippen LogP contribution in [0.4, 0.5) is 10.1 Å². The number of hydrogen-bond acceptors (Lipinski definition) is 3. The van der Waals surface area contributed by atoms with Crippen LogP contribution in [0.15, 0.2) is 48.5 Å². The minimum Gasteiger partial charge on any atom is -0.387 e. The first kappa shape index (κ1) is 16.2. The van der Waals surface area contributed by atoms with E-state index in [-0.39, 0.29) is 5.82 Å². The smallest absolute Gasteiger partial charge is 0.146 e. The van der Waals surface area contributed by atoms with Gasteiger partial charge in [-0.05, 0) is 29.8 Å². The van der Waals surface area contributed by atoms with Gasteiger partial charge in [-0.1, -0.05) is 35.9 Å². The standard InChI is InChI=1S/C18H20ClFN2O/c19-15-7-5-14(6-8-15)18(23)13-21-9-11-22(12-10-21)17-4-2-1-3-16(17)20/h1-8,18,23H,9-13H2. The van der Waals surface area contributed by atoms with Gasteiger partial charge in [-0.25, -0.2) is 4.39 Å². The fraction of sp³-hybridized carbons (Fsp3) is 0.333. The first-order valence-electron chi connectivity index (χ1n) is 7.79. The molecule has 122 valence electrons. The molecule has 1 aliphatic heterocycles. The maximum Gasteiger partial charge on any atom is 0.146 e. The number of β-amino-alcohol motifs (C(OH)–C–C–N with tert-alkyl or cyclic N) is 1. The fourth-order valence-electron chi connectivity index (χ4n) is 2.91. The van der Waals surface area contributed by atoms with E-state index in [4.69, 9.17) is 11.6 Å². The van der Waals surface area contributed by atoms with E-state index in [1.165, 1.54) is 6.07 Å². The van der Waals surface area contributed by atoms with Crippen LogP contribution in [0.5, 0.6) is 0 Å². The molecule has 2 aromatic carbocycles. The highest BCUT2D eigenvalue weighted by molar-refractivity contribution is 6.30. The van der Waals surface area contributed by atoms with E-state index in [1.54, 1.807) is 18.2 Å². The summed E-state index contributed by atoms with van der Waals surface area (Å²) in [5.74, 6) is -0.179. The summed E-state index contributed by atoms with van der Waals surface area (Å²) >= 11 is 5.87. The van der Waals surface area contributed by atoms with Crippen molar-refractivity contribution in [2.24, 2.45) is 0 Å². The molecule has 1 heterocycles. The summed E-state index contributed by atoms with van der Waals surface area (Å²) in [4.78, 5) is 4.26. The van der Waals surface area contributed by atoms with E-state index in [1.807, 2.05) is 24.3 Å². The van der Waals surface area contributed by atoms with Gasteiger partial charge in [-0.15, -0.1) is 0 Å². The van der Waals surface area contributed by atoms with Crippen LogP contribution in [-0.2, 0) is 0 Å². The Balaban J connectivity index is 1.55. The van der Waals surface area contributed by atoms with Crippen LogP contribution < -0.4 is 4.90 Å². The van der Waals surface area contributed by atoms with E-state index >= 15 is 0 Å². The van der Waals surface area contributed by atoms with Gasteiger partial charge in [0.2, 0.25) is 0 Å². The topological polar surface area (TPSA) is 26.7 Å². The Morgan fingerprint density at radius 3 is 2.30 bits per heavy atom. The highest BCUT2D eigenvalue weighted by Gasteiger charge is 2.21. The molecule has 0 bridgehead atoms. The number of rotatable bonds is 4. The van der Waals surface area contributed by atoms with Crippen molar-refractivity contribution in [3.63, 3.8) is 0 Å². The third-order valence-electron chi connectivity index (χ3n) is 4.25. The van der Waals surface area contributed by atoms with Gasteiger partial charge in [-0.2, -0.15) is 0 Å². The maximum atomic E-state index is 13.8. The van der Waals surface area contributed by atoms with Crippen LogP contribution in [-0.4, -0.2) is 42.7 Å². The quantitative estimate of drug-likeness (QED) is 0.929. The molecule has 2 aromatic rings. The molecule has 1 fully saturated rings. The van der Waals surface area contributed by atoms with Crippen molar-refractivity contribution in [3.05, 3.63) is 64.9 Å². The second kappa shape index (κ2) is 7.30. The van der Waals surface area contributed by atoms with Crippen LogP contribution in [0, 0.1) is 5.82 Å². The van der Waals surface area contributed by atoms with Crippen molar-refractivity contribution in [3.8, 4) is 0 Å². The predicted octanol–water partition coefficient (Wildman–Crippen LogP) is 3.33. The van der Waals surface area contributed by atoms with E-state index in [0.29, 0.717) is 17.3 Å². The fourth-order valence-corrected chi connectivity index (χ4v) is 3.04. The second-order valence-corrected chi connectivity index (χ2v) is 6.24. The van der Waals surface area contributed by atoms with E-state index in [0.717, 1.165) is 31.7 Å². The number of aliphatic hydroxyl groups is 1. The van der Waals surface area contributed by atoms with Crippen molar-refractivity contribution in [2.75, 3.05) is 37.6 Å². The molecule has 0 amide bonds. The number of halogens is 2. The molecule has 1 N–H and O–H groups in total. The van der Waals surface area contributed by atoms with E-state index < -0.39 is 6.10 Å². The number of para-hydroxylation sites is 1. The third-order valence-corrected chi connectivity index (χ3v) is 4.50. The minimum atomic E-state index is -0.535. The van der Waals surface area contributed by atoms with Gasteiger partial charge in [0, 0.05) is 37.7 Å². The highest BCUT2D eigenvalue weighted by Crippen LogP contribution is 2.22. The second-order valence-electron chi connectivity index (χ2n) is 5.81. The predicted molar refractivity (Wildman–Crippen MR) is 91.5 cm³/mol. The molecule has 5 heteroatoms. The maximum absolute atomic E-state index is 13.8. The lowest BCUT2D eigenvalue weighted by molar-refractivity contribution is 0.109. The lowest BCUT2D eigenvalue weighted by Crippen LogP contribution is -2.47. The Morgan fingerprint density at radius 2 is 1.65 bits per heavy atom. The summed E-state index contributed by atoms with van der Waals surface area (Å²) in [5.41, 5.74) is 1.52. The van der Waals surface area contributed by atoms with Crippen LogP contribution in [0.25, 0.3) is 0 Å². The van der Waals surface area contributed by atoms with Crippen molar-refractivity contribution in [1.29, 1.82) is 0 Å². The molecular weight excluding hydrogens is 315 g/mol. The Labute approximate surface area is 140 Å². The lowest BCUT2D eigenvalue weighted by atomic mass is 10.1. The van der Waals surface area contributed by atoms with Crippen LogP contribution >= 0.6 is 11.6 Å². The normalized spacial score (nSPS) is 17.3. The summed E-state index contributed by atoms with van der Waals surface area (Å²) in [6.07, 6.45) is -0.535. The Hall–Kier alpha value is -1.62. The van der Waals surface area contributed by atoms with E-state index in [9.17, 15) is 9.50 Å². The average Bonchev–Trinajstić information content (AvgIpc) is 2.57. The zero-order valence-corrected chi connectivity index (χ0v) is 13.6. The molecule has 3 nitrogen and oxygen atoms in total. The summed E-state index contributed by atoms with van der Waals surface area (Å²) in [6, 6.07) is 14.1. The van der Waals surface area contributed by atoms with Gasteiger partial charge in [0.25, 0.3) is 0 Å². The van der Waals surface area contributed by atoms with Gasteiger partial charge in [-0.3, -0.25) is 4.90 Å². The Kier molecular flexibility index (Phi) is 5.16. The number of benzene rings is 2. The monoisotopic (exact) mass is 334 g/mol. The largest absolute Gasteiger partial charge is 0.387 e. The first-order valence-corrected chi connectivity index (χ1v) is 8.16. The van der Waals surface area contributed by atoms with Gasteiger partial charge in [0.1, 0.15) is 5.82 Å². The summed E-state index contributed by atoms with van der Waals surface area (Å²) in [7, 11) is 0. The van der Waals surface area contributed by atoms with Gasteiger partial charge in [0.15, 0.2) is 0 Å². The zero-order valence-electron chi connectivity index (χ0n) is 12.8. The molecule has 0 aromatic heterocycles. The number of hydrogen-bond donors (Lipinski definition) is 1. The van der Waals surface area contributed by atoms with Crippen LogP contribution in [0.3, 0.4) is 0 Å². The lowest BCUT2D eigenvalue weighted by Gasteiger charge is -2.37. The molecule has 0 saturated carbocycles. The van der Waals surface area contributed by atoms with Crippen molar-refractivity contribution in [1.82, 2.24) is 4.90 Å². The average molecular weight is 335 g/mol.